The summed E-state index contributed by atoms with van der Waals surface area (Å²) in [5.74, 6) is 3.67. The molecule has 1 aliphatic heterocycles. The molecule has 0 saturated heterocycles. The number of amides is 2. The maximum Gasteiger partial charge on any atom is 0.407 e. The Morgan fingerprint density at radius 1 is 1.36 bits per heavy atom. The third kappa shape index (κ3) is 5.00. The van der Waals surface area contributed by atoms with Crippen molar-refractivity contribution in [3.05, 3.63) is 29.3 Å². The summed E-state index contributed by atoms with van der Waals surface area (Å²) < 4.78 is 9.85. The topological polar surface area (TPSA) is 67.9 Å². The zero-order valence-corrected chi connectivity index (χ0v) is 16.3. The summed E-state index contributed by atoms with van der Waals surface area (Å²) in [4.78, 5) is 25.9. The van der Waals surface area contributed by atoms with E-state index in [1.807, 2.05) is 12.1 Å². The van der Waals surface area contributed by atoms with E-state index >= 15 is 0 Å². The fraction of sp³-hybridized carbons (Fsp3) is 0.444. The molecule has 0 bridgehead atoms. The Morgan fingerprint density at radius 3 is 2.68 bits per heavy atom. The maximum atomic E-state index is 12.6. The first kappa shape index (κ1) is 18.9. The Bertz CT molecular complexity index is 731. The van der Waals surface area contributed by atoms with Crippen molar-refractivity contribution in [2.24, 2.45) is 0 Å². The standard InChI is InChI=1S/C18H24N2O4Si/c1-23-15-7-6-13-11-20(17(21)16(13)10-15)12-14(19-18(22)24-2)8-9-25(3,4)5/h6-7,10,14H,11-12H2,1-5H3,(H,19,22)/t14-/m1/s1. The smallest absolute Gasteiger partial charge is 0.407 e. The van der Waals surface area contributed by atoms with Gasteiger partial charge in [-0.3, -0.25) is 4.79 Å². The number of fused-ring (bicyclic) bond motifs is 1. The number of carbonyl (C=O) groups is 2. The summed E-state index contributed by atoms with van der Waals surface area (Å²) >= 11 is 0. The van der Waals surface area contributed by atoms with Crippen molar-refractivity contribution in [2.75, 3.05) is 20.8 Å². The molecule has 0 unspecified atom stereocenters. The normalized spacial score (nSPS) is 14.3. The van der Waals surface area contributed by atoms with Crippen molar-refractivity contribution in [3.63, 3.8) is 0 Å². The van der Waals surface area contributed by atoms with E-state index in [2.05, 4.69) is 41.2 Å². The first-order chi connectivity index (χ1) is 11.7. The summed E-state index contributed by atoms with van der Waals surface area (Å²) in [6, 6.07) is 5.00. The SMILES string of the molecule is COC(=O)N[C@H](C#C[Si](C)(C)C)CN1Cc2ccc(OC)cc2C1=O. The van der Waals surface area contributed by atoms with Gasteiger partial charge in [-0.2, -0.15) is 0 Å². The number of nitrogens with one attached hydrogen (secondary N) is 1. The lowest BCUT2D eigenvalue weighted by molar-refractivity contribution is 0.0768. The van der Waals surface area contributed by atoms with E-state index in [4.69, 9.17) is 4.74 Å². The quantitative estimate of drug-likeness (QED) is 0.661. The highest BCUT2D eigenvalue weighted by atomic mass is 28.3. The van der Waals surface area contributed by atoms with Crippen LogP contribution in [0.2, 0.25) is 19.6 Å². The molecule has 134 valence electrons. The number of alkyl carbamates (subject to hydrolysis) is 1. The van der Waals surface area contributed by atoms with E-state index in [0.717, 1.165) is 5.56 Å². The van der Waals surface area contributed by atoms with Crippen molar-refractivity contribution < 1.29 is 19.1 Å². The summed E-state index contributed by atoms with van der Waals surface area (Å²) in [5, 5.41) is 2.70. The van der Waals surface area contributed by atoms with Crippen LogP contribution in [0.15, 0.2) is 18.2 Å². The Morgan fingerprint density at radius 2 is 2.08 bits per heavy atom. The minimum atomic E-state index is -1.60. The van der Waals surface area contributed by atoms with Gasteiger partial charge in [-0.05, 0) is 17.7 Å². The van der Waals surface area contributed by atoms with Gasteiger partial charge >= 0.3 is 6.09 Å². The fourth-order valence-electron chi connectivity index (χ4n) is 2.47. The monoisotopic (exact) mass is 360 g/mol. The zero-order chi connectivity index (χ0) is 18.6. The third-order valence-electron chi connectivity index (χ3n) is 3.70. The second-order valence-electron chi connectivity index (χ2n) is 6.92. The average Bonchev–Trinajstić information content (AvgIpc) is 2.87. The van der Waals surface area contributed by atoms with Crippen molar-refractivity contribution in [3.8, 4) is 17.2 Å². The van der Waals surface area contributed by atoms with Gasteiger partial charge in [0.15, 0.2) is 0 Å². The number of nitrogens with zero attached hydrogens (tertiary/aromatic N) is 1. The molecule has 1 N–H and O–H groups in total. The molecule has 0 aromatic heterocycles. The predicted octanol–water partition coefficient (Wildman–Crippen LogP) is 2.26. The summed E-state index contributed by atoms with van der Waals surface area (Å²) in [6.45, 7) is 7.17. The molecule has 6 nitrogen and oxygen atoms in total. The third-order valence-corrected chi connectivity index (χ3v) is 4.59. The molecule has 2 amide bonds. The van der Waals surface area contributed by atoms with Crippen molar-refractivity contribution in [1.29, 1.82) is 0 Å². The van der Waals surface area contributed by atoms with Gasteiger partial charge in [-0.25, -0.2) is 4.79 Å². The highest BCUT2D eigenvalue weighted by Crippen LogP contribution is 2.26. The Kier molecular flexibility index (Phi) is 5.75. The predicted molar refractivity (Wildman–Crippen MR) is 98.2 cm³/mol. The Balaban J connectivity index is 2.17. The molecule has 0 aliphatic carbocycles. The largest absolute Gasteiger partial charge is 0.497 e. The highest BCUT2D eigenvalue weighted by Gasteiger charge is 2.29. The number of carbonyl (C=O) groups excluding carboxylic acids is 2. The molecule has 1 aromatic carbocycles. The van der Waals surface area contributed by atoms with Crippen LogP contribution in [0.3, 0.4) is 0 Å². The molecular weight excluding hydrogens is 336 g/mol. The van der Waals surface area contributed by atoms with E-state index in [9.17, 15) is 9.59 Å². The van der Waals surface area contributed by atoms with Crippen LogP contribution >= 0.6 is 0 Å². The van der Waals surface area contributed by atoms with E-state index < -0.39 is 20.2 Å². The van der Waals surface area contributed by atoms with Crippen LogP contribution in [-0.4, -0.2) is 51.8 Å². The summed E-state index contributed by atoms with van der Waals surface area (Å²) in [7, 11) is 1.27. The molecule has 1 aromatic rings. The Hall–Kier alpha value is -2.46. The first-order valence-corrected chi connectivity index (χ1v) is 11.6. The Labute approximate surface area is 149 Å². The second kappa shape index (κ2) is 7.62. The maximum absolute atomic E-state index is 12.6. The number of ether oxygens (including phenoxy) is 2. The molecule has 25 heavy (non-hydrogen) atoms. The molecule has 0 saturated carbocycles. The van der Waals surface area contributed by atoms with Crippen LogP contribution in [-0.2, 0) is 11.3 Å². The fourth-order valence-corrected chi connectivity index (χ4v) is 3.07. The van der Waals surface area contributed by atoms with Crippen molar-refractivity contribution in [2.45, 2.75) is 32.2 Å². The molecule has 1 aliphatic rings. The summed E-state index contributed by atoms with van der Waals surface area (Å²) in [5.41, 5.74) is 4.82. The van der Waals surface area contributed by atoms with E-state index in [0.29, 0.717) is 24.4 Å². The zero-order valence-electron chi connectivity index (χ0n) is 15.3. The van der Waals surface area contributed by atoms with Crippen molar-refractivity contribution in [1.82, 2.24) is 10.2 Å². The molecule has 2 rings (SSSR count). The number of hydrogen-bond acceptors (Lipinski definition) is 4. The number of benzene rings is 1. The number of hydrogen-bond donors (Lipinski definition) is 1. The minimum Gasteiger partial charge on any atom is -0.497 e. The van der Waals surface area contributed by atoms with E-state index in [1.54, 1.807) is 18.1 Å². The average molecular weight is 360 g/mol. The molecule has 0 radical (unpaired) electrons. The van der Waals surface area contributed by atoms with Gasteiger partial charge in [0.2, 0.25) is 0 Å². The van der Waals surface area contributed by atoms with Gasteiger partial charge in [0.25, 0.3) is 5.91 Å². The molecule has 7 heteroatoms. The molecular formula is C18H24N2O4Si. The van der Waals surface area contributed by atoms with Gasteiger partial charge in [0.1, 0.15) is 19.9 Å². The highest BCUT2D eigenvalue weighted by molar-refractivity contribution is 6.83. The van der Waals surface area contributed by atoms with Crippen LogP contribution in [0.25, 0.3) is 0 Å². The lowest BCUT2D eigenvalue weighted by Crippen LogP contribution is -2.43. The summed E-state index contributed by atoms with van der Waals surface area (Å²) in [6.07, 6.45) is -0.555. The van der Waals surface area contributed by atoms with Crippen molar-refractivity contribution >= 4 is 20.1 Å². The molecule has 1 heterocycles. The molecule has 0 spiro atoms. The van der Waals surface area contributed by atoms with Gasteiger partial charge in [0.05, 0.1) is 20.8 Å². The van der Waals surface area contributed by atoms with E-state index in [-0.39, 0.29) is 5.91 Å². The van der Waals surface area contributed by atoms with Gasteiger partial charge in [-0.1, -0.05) is 31.6 Å². The van der Waals surface area contributed by atoms with Crippen LogP contribution in [0.1, 0.15) is 15.9 Å². The number of rotatable bonds is 4. The van der Waals surface area contributed by atoms with Crippen LogP contribution in [0, 0.1) is 11.5 Å². The van der Waals surface area contributed by atoms with Crippen LogP contribution in [0.4, 0.5) is 4.79 Å². The van der Waals surface area contributed by atoms with E-state index in [1.165, 1.54) is 7.11 Å². The molecule has 1 atom stereocenters. The van der Waals surface area contributed by atoms with Gasteiger partial charge in [0, 0.05) is 12.1 Å². The minimum absolute atomic E-state index is 0.0830. The number of methoxy groups -OCH3 is 2. The van der Waals surface area contributed by atoms with Crippen LogP contribution in [0.5, 0.6) is 5.75 Å². The first-order valence-electron chi connectivity index (χ1n) is 8.07. The second-order valence-corrected chi connectivity index (χ2v) is 11.7. The van der Waals surface area contributed by atoms with Gasteiger partial charge < -0.3 is 19.7 Å². The molecule has 0 fully saturated rings. The van der Waals surface area contributed by atoms with Crippen LogP contribution < -0.4 is 10.1 Å². The van der Waals surface area contributed by atoms with Gasteiger partial charge in [-0.15, -0.1) is 5.54 Å². The lowest BCUT2D eigenvalue weighted by atomic mass is 10.1. The lowest BCUT2D eigenvalue weighted by Gasteiger charge is -2.21.